The maximum Gasteiger partial charge on any atom is 0.321 e. The smallest absolute Gasteiger partial charge is 0.321 e. The Morgan fingerprint density at radius 1 is 1.13 bits per heavy atom. The zero-order chi connectivity index (χ0) is 21.3. The number of aryl methyl sites for hydroxylation is 1. The van der Waals surface area contributed by atoms with Gasteiger partial charge in [0.05, 0.1) is 16.4 Å². The first kappa shape index (κ1) is 21.5. The molecule has 1 fully saturated rings. The molecule has 30 heavy (non-hydrogen) atoms. The lowest BCUT2D eigenvalue weighted by atomic mass is 9.97. The summed E-state index contributed by atoms with van der Waals surface area (Å²) in [5.41, 5.74) is 2.35. The van der Waals surface area contributed by atoms with Gasteiger partial charge in [0.2, 0.25) is 0 Å². The number of anilines is 1. The average Bonchev–Trinajstić information content (AvgIpc) is 3.12. The van der Waals surface area contributed by atoms with Crippen molar-refractivity contribution in [1.29, 1.82) is 0 Å². The molecule has 2 amide bonds. The van der Waals surface area contributed by atoms with Crippen LogP contribution in [0.2, 0.25) is 0 Å². The highest BCUT2D eigenvalue weighted by Gasteiger charge is 2.27. The number of piperidine rings is 1. The number of carbonyl (C=O) groups is 1. The lowest BCUT2D eigenvalue weighted by Crippen LogP contribution is -2.40. The predicted molar refractivity (Wildman–Crippen MR) is 127 cm³/mol. The molecular weight excluding hydrogens is 533 g/mol. The molecular formula is C22H20Br2FN3OS. The number of hydrogen-bond donors (Lipinski definition) is 1. The Morgan fingerprint density at radius 3 is 2.47 bits per heavy atom. The lowest BCUT2D eigenvalue weighted by Gasteiger charge is -2.31. The molecule has 1 aliphatic heterocycles. The van der Waals surface area contributed by atoms with Crippen LogP contribution in [0.5, 0.6) is 0 Å². The Labute approximate surface area is 195 Å². The summed E-state index contributed by atoms with van der Waals surface area (Å²) in [4.78, 5) is 20.4. The van der Waals surface area contributed by atoms with Crippen LogP contribution in [0, 0.1) is 12.7 Å². The maximum absolute atomic E-state index is 14.0. The third kappa shape index (κ3) is 4.76. The highest BCUT2D eigenvalue weighted by atomic mass is 79.9. The highest BCUT2D eigenvalue weighted by Crippen LogP contribution is 2.36. The number of urea groups is 1. The first-order valence-electron chi connectivity index (χ1n) is 9.65. The van der Waals surface area contributed by atoms with Gasteiger partial charge >= 0.3 is 6.03 Å². The van der Waals surface area contributed by atoms with Gasteiger partial charge in [0.1, 0.15) is 5.82 Å². The van der Waals surface area contributed by atoms with Crippen LogP contribution < -0.4 is 5.32 Å². The van der Waals surface area contributed by atoms with Gasteiger partial charge in [-0.05, 0) is 50.1 Å². The number of nitrogens with one attached hydrogen (secondary N) is 1. The summed E-state index contributed by atoms with van der Waals surface area (Å²) in [7, 11) is 0. The first-order valence-corrected chi connectivity index (χ1v) is 12.0. The molecule has 156 valence electrons. The zero-order valence-electron chi connectivity index (χ0n) is 16.3. The summed E-state index contributed by atoms with van der Waals surface area (Å²) < 4.78 is 15.7. The maximum atomic E-state index is 14.0. The van der Waals surface area contributed by atoms with Crippen LogP contribution in [-0.2, 0) is 0 Å². The molecule has 0 unspecified atom stereocenters. The molecule has 0 radical (unpaired) electrons. The van der Waals surface area contributed by atoms with Crippen molar-refractivity contribution in [2.24, 2.45) is 0 Å². The Morgan fingerprint density at radius 2 is 1.80 bits per heavy atom. The van der Waals surface area contributed by atoms with Gasteiger partial charge in [-0.15, -0.1) is 11.3 Å². The molecule has 0 aliphatic carbocycles. The van der Waals surface area contributed by atoms with Crippen molar-refractivity contribution in [3.63, 3.8) is 0 Å². The molecule has 1 N–H and O–H groups in total. The van der Waals surface area contributed by atoms with Gasteiger partial charge in [-0.3, -0.25) is 0 Å². The molecule has 2 aromatic carbocycles. The van der Waals surface area contributed by atoms with Gasteiger partial charge in [-0.25, -0.2) is 14.2 Å². The second kappa shape index (κ2) is 9.16. The molecule has 1 saturated heterocycles. The minimum Gasteiger partial charge on any atom is -0.324 e. The number of likely N-dealkylation sites (tertiary alicyclic amines) is 1. The van der Waals surface area contributed by atoms with Crippen LogP contribution in [0.3, 0.4) is 0 Å². The number of carbonyl (C=O) groups excluding carboxylic acids is 1. The van der Waals surface area contributed by atoms with Crippen LogP contribution >= 0.6 is 43.2 Å². The Bertz CT molecular complexity index is 1060. The standard InChI is InChI=1S/C22H20Br2FN3OS/c1-13-20(14-2-4-16(23)5-3-14)27-21(30-13)15-8-10-28(11-9-15)22(29)26-19-7-6-17(24)12-18(19)25/h2-7,12,15H,8-11H2,1H3,(H,26,29). The van der Waals surface area contributed by atoms with Gasteiger partial charge in [-0.2, -0.15) is 0 Å². The monoisotopic (exact) mass is 551 g/mol. The third-order valence-electron chi connectivity index (χ3n) is 5.23. The molecule has 1 aromatic heterocycles. The second-order valence-electron chi connectivity index (χ2n) is 7.28. The summed E-state index contributed by atoms with van der Waals surface area (Å²) in [5, 5.41) is 3.80. The Balaban J connectivity index is 1.39. The predicted octanol–water partition coefficient (Wildman–Crippen LogP) is 7.19. The molecule has 0 atom stereocenters. The normalized spacial score (nSPS) is 14.7. The van der Waals surface area contributed by atoms with E-state index in [4.69, 9.17) is 4.98 Å². The topological polar surface area (TPSA) is 45.2 Å². The van der Waals surface area contributed by atoms with Crippen LogP contribution in [-0.4, -0.2) is 29.0 Å². The SMILES string of the molecule is Cc1sc(C2CCN(C(=O)Nc3ccc(Br)cc3F)CC2)nc1-c1ccc(Br)cc1. The summed E-state index contributed by atoms with van der Waals surface area (Å²) in [6.45, 7) is 3.36. The Hall–Kier alpha value is -1.77. The first-order chi connectivity index (χ1) is 14.4. The van der Waals surface area contributed by atoms with Gasteiger partial charge in [0.25, 0.3) is 0 Å². The molecule has 1 aliphatic rings. The zero-order valence-corrected chi connectivity index (χ0v) is 20.3. The third-order valence-corrected chi connectivity index (χ3v) is 7.39. The van der Waals surface area contributed by atoms with Gasteiger partial charge in [-0.1, -0.05) is 44.0 Å². The van der Waals surface area contributed by atoms with Crippen molar-refractivity contribution in [2.45, 2.75) is 25.7 Å². The van der Waals surface area contributed by atoms with Crippen molar-refractivity contribution in [1.82, 2.24) is 9.88 Å². The second-order valence-corrected chi connectivity index (χ2v) is 10.3. The van der Waals surface area contributed by atoms with Gasteiger partial charge < -0.3 is 10.2 Å². The van der Waals surface area contributed by atoms with E-state index in [1.54, 1.807) is 28.4 Å². The fraction of sp³-hybridized carbons (Fsp3) is 0.273. The quantitative estimate of drug-likeness (QED) is 0.373. The lowest BCUT2D eigenvalue weighted by molar-refractivity contribution is 0.194. The molecule has 4 nitrogen and oxygen atoms in total. The van der Waals surface area contributed by atoms with Gasteiger partial charge in [0.15, 0.2) is 0 Å². The van der Waals surface area contributed by atoms with Crippen molar-refractivity contribution in [3.8, 4) is 11.3 Å². The van der Waals surface area contributed by atoms with E-state index in [0.29, 0.717) is 23.5 Å². The number of hydrogen-bond acceptors (Lipinski definition) is 3. The summed E-state index contributed by atoms with van der Waals surface area (Å²) in [6, 6.07) is 12.5. The summed E-state index contributed by atoms with van der Waals surface area (Å²) >= 11 is 8.43. The van der Waals surface area contributed by atoms with E-state index in [-0.39, 0.29) is 11.7 Å². The van der Waals surface area contributed by atoms with Crippen molar-refractivity contribution in [3.05, 3.63) is 67.1 Å². The van der Waals surface area contributed by atoms with E-state index in [1.807, 2.05) is 12.1 Å². The van der Waals surface area contributed by atoms with E-state index in [0.717, 1.165) is 33.6 Å². The number of aromatic nitrogens is 1. The fourth-order valence-electron chi connectivity index (χ4n) is 3.58. The van der Waals surface area contributed by atoms with Crippen LogP contribution in [0.25, 0.3) is 11.3 Å². The van der Waals surface area contributed by atoms with Crippen LogP contribution in [0.15, 0.2) is 51.4 Å². The number of halogens is 3. The van der Waals surface area contributed by atoms with E-state index >= 15 is 0 Å². The van der Waals surface area contributed by atoms with E-state index in [2.05, 4.69) is 56.2 Å². The molecule has 3 aromatic rings. The minimum atomic E-state index is -0.452. The van der Waals surface area contributed by atoms with E-state index in [1.165, 1.54) is 10.9 Å². The molecule has 0 spiro atoms. The number of thiazole rings is 1. The molecule has 4 rings (SSSR count). The Kier molecular flexibility index (Phi) is 6.55. The van der Waals surface area contributed by atoms with E-state index < -0.39 is 5.82 Å². The van der Waals surface area contributed by atoms with Crippen molar-refractivity contribution >= 4 is 54.9 Å². The van der Waals surface area contributed by atoms with Crippen molar-refractivity contribution < 1.29 is 9.18 Å². The summed E-state index contributed by atoms with van der Waals surface area (Å²) in [5.74, 6) is -0.113. The highest BCUT2D eigenvalue weighted by molar-refractivity contribution is 9.10. The van der Waals surface area contributed by atoms with Gasteiger partial charge in [0, 0.05) is 38.4 Å². The van der Waals surface area contributed by atoms with Crippen LogP contribution in [0.4, 0.5) is 14.9 Å². The number of rotatable bonds is 3. The van der Waals surface area contributed by atoms with E-state index in [9.17, 15) is 9.18 Å². The fourth-order valence-corrected chi connectivity index (χ4v) is 5.29. The molecule has 2 heterocycles. The number of amides is 2. The molecule has 0 bridgehead atoms. The average molecular weight is 553 g/mol. The summed E-state index contributed by atoms with van der Waals surface area (Å²) in [6.07, 6.45) is 1.70. The van der Waals surface area contributed by atoms with Crippen LogP contribution in [0.1, 0.15) is 28.6 Å². The molecule has 8 heteroatoms. The number of nitrogens with zero attached hydrogens (tertiary/aromatic N) is 2. The van der Waals surface area contributed by atoms with Crippen molar-refractivity contribution in [2.75, 3.05) is 18.4 Å². The number of benzene rings is 2. The largest absolute Gasteiger partial charge is 0.324 e. The minimum absolute atomic E-state index is 0.194. The molecule has 0 saturated carbocycles.